The van der Waals surface area contributed by atoms with E-state index in [1.807, 2.05) is 0 Å². The number of nitrogen functional groups attached to an aromatic ring is 1. The Hall–Kier alpha value is -4.19. The molecule has 12 nitrogen and oxygen atoms in total. The standard InChI is InChI=1S/C27H35N7O5/c1-25(2,3)38-23(35)34(24(36)39-26(4,5)6)22-19-16(18-10-9-17(28)20-29-11-12-33(18)20)13-32(14-27(7,8)37)21(19)30-15-31-22/h9-13,15,37H,14,28H2,1-8H3. The number of amides is 2. The van der Waals surface area contributed by atoms with Crippen LogP contribution in [0.2, 0.25) is 0 Å². The van der Waals surface area contributed by atoms with E-state index in [1.54, 1.807) is 95.1 Å². The lowest BCUT2D eigenvalue weighted by molar-refractivity contribution is 0.0428. The molecule has 4 aromatic heterocycles. The smallest absolute Gasteiger partial charge is 0.425 e. The second-order valence-corrected chi connectivity index (χ2v) is 12.0. The van der Waals surface area contributed by atoms with Gasteiger partial charge in [0, 0.05) is 24.2 Å². The van der Waals surface area contributed by atoms with Crippen LogP contribution < -0.4 is 10.6 Å². The summed E-state index contributed by atoms with van der Waals surface area (Å²) in [4.78, 5) is 41.0. The molecule has 4 rings (SSSR count). The monoisotopic (exact) mass is 537 g/mol. The first-order valence-electron chi connectivity index (χ1n) is 12.5. The third kappa shape index (κ3) is 5.95. The molecule has 12 heteroatoms. The summed E-state index contributed by atoms with van der Waals surface area (Å²) in [5.41, 5.74) is 5.86. The van der Waals surface area contributed by atoms with Crippen molar-refractivity contribution in [2.45, 2.75) is 78.7 Å². The molecule has 3 N–H and O–H groups in total. The van der Waals surface area contributed by atoms with E-state index in [1.165, 1.54) is 6.33 Å². The van der Waals surface area contributed by atoms with Gasteiger partial charge in [0.15, 0.2) is 11.5 Å². The highest BCUT2D eigenvalue weighted by atomic mass is 16.6. The van der Waals surface area contributed by atoms with Gasteiger partial charge in [0.1, 0.15) is 23.2 Å². The van der Waals surface area contributed by atoms with Gasteiger partial charge in [-0.2, -0.15) is 4.90 Å². The van der Waals surface area contributed by atoms with Crippen LogP contribution in [0.15, 0.2) is 37.1 Å². The van der Waals surface area contributed by atoms with Gasteiger partial charge in [0.05, 0.1) is 28.9 Å². The molecule has 0 fully saturated rings. The normalized spacial score (nSPS) is 12.6. The van der Waals surface area contributed by atoms with Gasteiger partial charge in [0.25, 0.3) is 0 Å². The van der Waals surface area contributed by atoms with Gasteiger partial charge in [-0.05, 0) is 67.5 Å². The predicted octanol–water partition coefficient (Wildman–Crippen LogP) is 4.78. The number of carbonyl (C=O) groups excluding carboxylic acids is 2. The van der Waals surface area contributed by atoms with Crippen LogP contribution in [0.25, 0.3) is 27.9 Å². The molecule has 0 aliphatic carbocycles. The van der Waals surface area contributed by atoms with Gasteiger partial charge in [-0.15, -0.1) is 0 Å². The summed E-state index contributed by atoms with van der Waals surface area (Å²) in [5.74, 6) is -0.0295. The van der Waals surface area contributed by atoms with Crippen LogP contribution in [-0.2, 0) is 16.0 Å². The molecule has 0 atom stereocenters. The van der Waals surface area contributed by atoms with Crippen LogP contribution >= 0.6 is 0 Å². The third-order valence-electron chi connectivity index (χ3n) is 5.41. The number of anilines is 2. The Kier molecular flexibility index (Phi) is 6.80. The van der Waals surface area contributed by atoms with E-state index in [0.717, 1.165) is 4.90 Å². The Morgan fingerprint density at radius 3 is 2.13 bits per heavy atom. The number of aromatic nitrogens is 5. The molecular formula is C27H35N7O5. The second-order valence-electron chi connectivity index (χ2n) is 12.0. The Labute approximate surface area is 226 Å². The average molecular weight is 538 g/mol. The molecule has 0 aliphatic heterocycles. The highest BCUT2D eigenvalue weighted by Gasteiger charge is 2.36. The molecule has 0 bridgehead atoms. The van der Waals surface area contributed by atoms with E-state index in [-0.39, 0.29) is 12.4 Å². The highest BCUT2D eigenvalue weighted by molar-refractivity contribution is 6.15. The fraction of sp³-hybridized carbons (Fsp3) is 0.444. The number of fused-ring (bicyclic) bond motifs is 2. The van der Waals surface area contributed by atoms with Gasteiger partial charge < -0.3 is 24.9 Å². The summed E-state index contributed by atoms with van der Waals surface area (Å²) in [6, 6.07) is 3.52. The number of nitrogens with two attached hydrogens (primary N) is 1. The van der Waals surface area contributed by atoms with Crippen LogP contribution in [0, 0.1) is 0 Å². The second kappa shape index (κ2) is 9.53. The quantitative estimate of drug-likeness (QED) is 0.375. The number of nitrogens with zero attached hydrogens (tertiary/aromatic N) is 6. The maximum absolute atomic E-state index is 13.5. The number of carbonyl (C=O) groups is 2. The zero-order valence-corrected chi connectivity index (χ0v) is 23.5. The number of hydrogen-bond acceptors (Lipinski definition) is 9. The fourth-order valence-corrected chi connectivity index (χ4v) is 4.13. The lowest BCUT2D eigenvalue weighted by Gasteiger charge is -2.28. The molecule has 0 radical (unpaired) electrons. The largest absolute Gasteiger partial charge is 0.443 e. The number of imidazole rings is 1. The van der Waals surface area contributed by atoms with Crippen molar-refractivity contribution in [3.05, 3.63) is 37.1 Å². The number of ether oxygens (including phenoxy) is 2. The van der Waals surface area contributed by atoms with Crippen molar-refractivity contribution in [2.75, 3.05) is 10.6 Å². The Morgan fingerprint density at radius 2 is 1.56 bits per heavy atom. The first kappa shape index (κ1) is 27.8. The summed E-state index contributed by atoms with van der Waals surface area (Å²) in [6.07, 6.45) is 4.50. The molecule has 208 valence electrons. The molecule has 0 unspecified atom stereocenters. The molecule has 4 aromatic rings. The Balaban J connectivity index is 2.05. The molecule has 0 saturated heterocycles. The highest BCUT2D eigenvalue weighted by Crippen LogP contribution is 2.38. The summed E-state index contributed by atoms with van der Waals surface area (Å²) in [5, 5.41) is 11.0. The topological polar surface area (TPSA) is 150 Å². The minimum atomic E-state index is -1.10. The van der Waals surface area contributed by atoms with Crippen molar-refractivity contribution in [1.82, 2.24) is 23.9 Å². The van der Waals surface area contributed by atoms with E-state index < -0.39 is 29.0 Å². The lowest BCUT2D eigenvalue weighted by Crippen LogP contribution is -2.44. The van der Waals surface area contributed by atoms with Gasteiger partial charge >= 0.3 is 12.2 Å². The zero-order chi connectivity index (χ0) is 28.9. The average Bonchev–Trinajstić information content (AvgIpc) is 3.37. The van der Waals surface area contributed by atoms with Crippen LogP contribution in [0.4, 0.5) is 21.1 Å². The number of rotatable bonds is 4. The van der Waals surface area contributed by atoms with Gasteiger partial charge in [-0.25, -0.2) is 24.5 Å². The van der Waals surface area contributed by atoms with E-state index >= 15 is 0 Å². The maximum atomic E-state index is 13.5. The SMILES string of the molecule is CC(C)(O)Cn1cc(-c2ccc(N)c3nccn23)c2c(N(C(=O)OC(C)(C)C)C(=O)OC(C)(C)C)ncnc21. The molecule has 2 amide bonds. The number of aliphatic hydroxyl groups is 1. The Morgan fingerprint density at radius 1 is 0.949 bits per heavy atom. The molecule has 39 heavy (non-hydrogen) atoms. The third-order valence-corrected chi connectivity index (χ3v) is 5.41. The van der Waals surface area contributed by atoms with E-state index in [9.17, 15) is 14.7 Å². The Bertz CT molecular complexity index is 1520. The van der Waals surface area contributed by atoms with Gasteiger partial charge in [-0.3, -0.25) is 4.40 Å². The van der Waals surface area contributed by atoms with Crippen LogP contribution in [0.1, 0.15) is 55.4 Å². The number of imide groups is 1. The van der Waals surface area contributed by atoms with Crippen LogP contribution in [0.5, 0.6) is 0 Å². The van der Waals surface area contributed by atoms with Crippen molar-refractivity contribution in [3.8, 4) is 11.3 Å². The van der Waals surface area contributed by atoms with Crippen molar-refractivity contribution >= 4 is 40.4 Å². The summed E-state index contributed by atoms with van der Waals surface area (Å²) >= 11 is 0. The van der Waals surface area contributed by atoms with E-state index in [4.69, 9.17) is 15.2 Å². The molecular weight excluding hydrogens is 502 g/mol. The van der Waals surface area contributed by atoms with Crippen LogP contribution in [-0.4, -0.2) is 58.0 Å². The summed E-state index contributed by atoms with van der Waals surface area (Å²) in [7, 11) is 0. The lowest BCUT2D eigenvalue weighted by atomic mass is 10.1. The molecule has 0 aliphatic rings. The summed E-state index contributed by atoms with van der Waals surface area (Å²) < 4.78 is 14.7. The minimum absolute atomic E-state index is 0.0295. The van der Waals surface area contributed by atoms with Crippen LogP contribution in [0.3, 0.4) is 0 Å². The number of pyridine rings is 1. The minimum Gasteiger partial charge on any atom is -0.443 e. The van der Waals surface area contributed by atoms with Crippen molar-refractivity contribution in [1.29, 1.82) is 0 Å². The fourth-order valence-electron chi connectivity index (χ4n) is 4.13. The zero-order valence-electron chi connectivity index (χ0n) is 23.5. The van der Waals surface area contributed by atoms with Crippen molar-refractivity contribution in [3.63, 3.8) is 0 Å². The first-order valence-corrected chi connectivity index (χ1v) is 12.5. The van der Waals surface area contributed by atoms with Crippen molar-refractivity contribution in [2.24, 2.45) is 0 Å². The maximum Gasteiger partial charge on any atom is 0.425 e. The molecule has 4 heterocycles. The van der Waals surface area contributed by atoms with Crippen molar-refractivity contribution < 1.29 is 24.2 Å². The summed E-state index contributed by atoms with van der Waals surface area (Å²) in [6.45, 7) is 13.7. The first-order chi connectivity index (χ1) is 18.0. The molecule has 0 aromatic carbocycles. The number of hydrogen-bond donors (Lipinski definition) is 2. The molecule has 0 spiro atoms. The van der Waals surface area contributed by atoms with Gasteiger partial charge in [0.2, 0.25) is 0 Å². The van der Waals surface area contributed by atoms with Gasteiger partial charge in [-0.1, -0.05) is 0 Å². The predicted molar refractivity (Wildman–Crippen MR) is 147 cm³/mol. The van der Waals surface area contributed by atoms with E-state index in [0.29, 0.717) is 33.6 Å². The molecule has 0 saturated carbocycles. The van der Waals surface area contributed by atoms with E-state index in [2.05, 4.69) is 15.0 Å².